The predicted molar refractivity (Wildman–Crippen MR) is 97.4 cm³/mol. The molecule has 0 saturated heterocycles. The molecule has 0 unspecified atom stereocenters. The lowest BCUT2D eigenvalue weighted by molar-refractivity contribution is -0.143. The molecule has 0 heterocycles. The summed E-state index contributed by atoms with van der Waals surface area (Å²) in [6.45, 7) is 7.32. The number of aliphatic carboxylic acids is 1. The molecule has 3 N–H and O–H groups in total. The smallest absolute Gasteiger partial charge is 0.408 e. The highest BCUT2D eigenvalue weighted by Crippen LogP contribution is 2.09. The summed E-state index contributed by atoms with van der Waals surface area (Å²) in [5.41, 5.74) is 0.832. The van der Waals surface area contributed by atoms with Gasteiger partial charge >= 0.3 is 12.1 Å². The van der Waals surface area contributed by atoms with Crippen LogP contribution in [0.25, 0.3) is 0 Å². The molecule has 0 bridgehead atoms. The third-order valence-electron chi connectivity index (χ3n) is 3.76. The first kappa shape index (κ1) is 21.5. The van der Waals surface area contributed by atoms with E-state index in [1.807, 2.05) is 44.2 Å². The summed E-state index contributed by atoms with van der Waals surface area (Å²) in [4.78, 5) is 35.8. The number of carbonyl (C=O) groups excluding carboxylic acids is 2. The van der Waals surface area contributed by atoms with Crippen molar-refractivity contribution in [3.8, 4) is 0 Å². The molecule has 2 atom stereocenters. The van der Waals surface area contributed by atoms with Gasteiger partial charge in [0, 0.05) is 0 Å². The Morgan fingerprint density at radius 3 is 2.15 bits per heavy atom. The van der Waals surface area contributed by atoms with Crippen molar-refractivity contribution in [3.63, 3.8) is 0 Å². The molecule has 0 spiro atoms. The molecule has 2 amide bonds. The number of nitrogens with one attached hydrogen (secondary N) is 2. The normalized spacial score (nSPS) is 13.2. The molecule has 0 saturated carbocycles. The van der Waals surface area contributed by atoms with Crippen molar-refractivity contribution in [3.05, 3.63) is 35.9 Å². The summed E-state index contributed by atoms with van der Waals surface area (Å²) in [5, 5.41) is 14.2. The molecule has 0 radical (unpaired) electrons. The lowest BCUT2D eigenvalue weighted by Gasteiger charge is -2.24. The van der Waals surface area contributed by atoms with Crippen LogP contribution in [0.15, 0.2) is 30.3 Å². The quantitative estimate of drug-likeness (QED) is 0.625. The van der Waals surface area contributed by atoms with Gasteiger partial charge in [0.2, 0.25) is 5.91 Å². The van der Waals surface area contributed by atoms with Crippen molar-refractivity contribution >= 4 is 18.0 Å². The van der Waals surface area contributed by atoms with Crippen LogP contribution in [0, 0.1) is 11.8 Å². The van der Waals surface area contributed by atoms with Crippen molar-refractivity contribution in [2.24, 2.45) is 11.8 Å². The number of benzene rings is 1. The van der Waals surface area contributed by atoms with E-state index in [0.29, 0.717) is 6.42 Å². The minimum atomic E-state index is -1.11. The summed E-state index contributed by atoms with van der Waals surface area (Å²) < 4.78 is 5.14. The molecule has 26 heavy (non-hydrogen) atoms. The van der Waals surface area contributed by atoms with Crippen LogP contribution in [-0.4, -0.2) is 35.2 Å². The number of carbonyl (C=O) groups is 3. The van der Waals surface area contributed by atoms with Crippen LogP contribution in [0.4, 0.5) is 4.79 Å². The molecular formula is C19H28N2O5. The van der Waals surface area contributed by atoms with Gasteiger partial charge < -0.3 is 20.5 Å². The van der Waals surface area contributed by atoms with Crippen molar-refractivity contribution in [1.82, 2.24) is 10.6 Å². The summed E-state index contributed by atoms with van der Waals surface area (Å²) in [6.07, 6.45) is -0.345. The third-order valence-corrected chi connectivity index (χ3v) is 3.76. The summed E-state index contributed by atoms with van der Waals surface area (Å²) in [5.74, 6) is -1.79. The monoisotopic (exact) mass is 364 g/mol. The van der Waals surface area contributed by atoms with E-state index in [-0.39, 0.29) is 18.4 Å². The van der Waals surface area contributed by atoms with Gasteiger partial charge in [-0.3, -0.25) is 4.79 Å². The first-order chi connectivity index (χ1) is 12.2. The van der Waals surface area contributed by atoms with Crippen LogP contribution >= 0.6 is 0 Å². The highest BCUT2D eigenvalue weighted by Gasteiger charge is 2.29. The van der Waals surface area contributed by atoms with E-state index in [9.17, 15) is 19.5 Å². The number of ether oxygens (including phenoxy) is 1. The average Bonchev–Trinajstić information content (AvgIpc) is 2.57. The topological polar surface area (TPSA) is 105 Å². The van der Waals surface area contributed by atoms with Gasteiger partial charge in [-0.1, -0.05) is 58.0 Å². The van der Waals surface area contributed by atoms with Gasteiger partial charge in [0.25, 0.3) is 0 Å². The number of carboxylic acid groups (broad SMARTS) is 1. The van der Waals surface area contributed by atoms with Crippen molar-refractivity contribution in [1.29, 1.82) is 0 Å². The van der Waals surface area contributed by atoms with Crippen LogP contribution in [-0.2, 0) is 20.9 Å². The van der Waals surface area contributed by atoms with Crippen LogP contribution in [0.3, 0.4) is 0 Å². The zero-order chi connectivity index (χ0) is 19.7. The fourth-order valence-electron chi connectivity index (χ4n) is 2.38. The highest BCUT2D eigenvalue weighted by molar-refractivity contribution is 5.89. The second-order valence-corrected chi connectivity index (χ2v) is 6.96. The van der Waals surface area contributed by atoms with Gasteiger partial charge in [0.1, 0.15) is 18.7 Å². The Labute approximate surface area is 154 Å². The van der Waals surface area contributed by atoms with Crippen LogP contribution < -0.4 is 10.6 Å². The maximum atomic E-state index is 12.5. The van der Waals surface area contributed by atoms with Gasteiger partial charge in [-0.2, -0.15) is 0 Å². The maximum Gasteiger partial charge on any atom is 0.408 e. The van der Waals surface area contributed by atoms with Crippen molar-refractivity contribution < 1.29 is 24.2 Å². The lowest BCUT2D eigenvalue weighted by Crippen LogP contribution is -2.53. The number of carboxylic acids is 1. The Morgan fingerprint density at radius 2 is 1.65 bits per heavy atom. The molecule has 0 aliphatic carbocycles. The number of alkyl carbamates (subject to hydrolysis) is 1. The standard InChI is InChI=1S/C19H28N2O5/c1-12(2)10-15(17(22)21-16(13(3)4)18(23)24)20-19(25)26-11-14-8-6-5-7-9-14/h5-9,12-13,15-16H,10-11H2,1-4H3,(H,20,25)(H,21,22)(H,23,24)/t15-,16+/m1/s1. The van der Waals surface area contributed by atoms with E-state index in [0.717, 1.165) is 5.56 Å². The van der Waals surface area contributed by atoms with Crippen LogP contribution in [0.2, 0.25) is 0 Å². The second-order valence-electron chi connectivity index (χ2n) is 6.96. The summed E-state index contributed by atoms with van der Waals surface area (Å²) >= 11 is 0. The molecular weight excluding hydrogens is 336 g/mol. The van der Waals surface area contributed by atoms with E-state index >= 15 is 0 Å². The van der Waals surface area contributed by atoms with Crippen molar-refractivity contribution in [2.45, 2.75) is 52.8 Å². The van der Waals surface area contributed by atoms with Gasteiger partial charge in [-0.15, -0.1) is 0 Å². The van der Waals surface area contributed by atoms with E-state index in [1.54, 1.807) is 13.8 Å². The second kappa shape index (κ2) is 10.4. The van der Waals surface area contributed by atoms with Gasteiger partial charge in [0.15, 0.2) is 0 Å². The van der Waals surface area contributed by atoms with Crippen molar-refractivity contribution in [2.75, 3.05) is 0 Å². The SMILES string of the molecule is CC(C)C[C@@H](NC(=O)OCc1ccccc1)C(=O)N[C@H](C(=O)O)C(C)C. The zero-order valence-corrected chi connectivity index (χ0v) is 15.7. The van der Waals surface area contributed by atoms with Crippen LogP contribution in [0.1, 0.15) is 39.7 Å². The van der Waals surface area contributed by atoms with Crippen LogP contribution in [0.5, 0.6) is 0 Å². The summed E-state index contributed by atoms with van der Waals surface area (Å²) in [7, 11) is 0. The molecule has 0 fully saturated rings. The van der Waals surface area contributed by atoms with Gasteiger partial charge in [-0.05, 0) is 23.8 Å². The largest absolute Gasteiger partial charge is 0.480 e. The first-order valence-electron chi connectivity index (χ1n) is 8.71. The number of amides is 2. The number of rotatable bonds is 9. The zero-order valence-electron chi connectivity index (χ0n) is 15.7. The fourth-order valence-corrected chi connectivity index (χ4v) is 2.38. The molecule has 0 aliphatic rings. The van der Waals surface area contributed by atoms with E-state index in [4.69, 9.17) is 4.74 Å². The Kier molecular flexibility index (Phi) is 8.61. The molecule has 0 aliphatic heterocycles. The average molecular weight is 364 g/mol. The Hall–Kier alpha value is -2.57. The van der Waals surface area contributed by atoms with Gasteiger partial charge in [0.05, 0.1) is 0 Å². The molecule has 1 aromatic rings. The molecule has 144 valence electrons. The molecule has 7 heteroatoms. The number of hydrogen-bond donors (Lipinski definition) is 3. The first-order valence-corrected chi connectivity index (χ1v) is 8.71. The predicted octanol–water partition coefficient (Wildman–Crippen LogP) is 2.55. The molecule has 7 nitrogen and oxygen atoms in total. The molecule has 1 rings (SSSR count). The Morgan fingerprint density at radius 1 is 1.04 bits per heavy atom. The highest BCUT2D eigenvalue weighted by atomic mass is 16.5. The Balaban J connectivity index is 2.68. The van der Waals surface area contributed by atoms with Gasteiger partial charge in [-0.25, -0.2) is 9.59 Å². The summed E-state index contributed by atoms with van der Waals surface area (Å²) in [6, 6.07) is 7.31. The fraction of sp³-hybridized carbons (Fsp3) is 0.526. The minimum absolute atomic E-state index is 0.0897. The minimum Gasteiger partial charge on any atom is -0.480 e. The lowest BCUT2D eigenvalue weighted by atomic mass is 10.0. The van der Waals surface area contributed by atoms with E-state index in [2.05, 4.69) is 10.6 Å². The van der Waals surface area contributed by atoms with E-state index < -0.39 is 30.1 Å². The maximum absolute atomic E-state index is 12.5. The number of hydrogen-bond acceptors (Lipinski definition) is 4. The molecule has 0 aromatic heterocycles. The third kappa shape index (κ3) is 7.55. The molecule has 1 aromatic carbocycles. The van der Waals surface area contributed by atoms with E-state index in [1.165, 1.54) is 0 Å². The Bertz CT molecular complexity index is 601.